The van der Waals surface area contributed by atoms with Gasteiger partial charge in [-0.2, -0.15) is 0 Å². The molecule has 0 aliphatic carbocycles. The van der Waals surface area contributed by atoms with Crippen molar-refractivity contribution in [1.82, 2.24) is 9.80 Å². The summed E-state index contributed by atoms with van der Waals surface area (Å²) in [6.07, 6.45) is 3.34. The number of aliphatic carboxylic acids is 1. The normalized spacial score (nSPS) is 20.2. The molecule has 1 aliphatic heterocycles. The van der Waals surface area contributed by atoms with Crippen LogP contribution in [0.15, 0.2) is 24.3 Å². The summed E-state index contributed by atoms with van der Waals surface area (Å²) in [6.45, 7) is 1.96. The smallest absolute Gasteiger partial charge is 0.317 e. The highest BCUT2D eigenvalue weighted by Gasteiger charge is 2.25. The lowest BCUT2D eigenvalue weighted by molar-refractivity contribution is -0.139. The lowest BCUT2D eigenvalue weighted by Crippen LogP contribution is -2.37. The maximum absolute atomic E-state index is 11.0. The first kappa shape index (κ1) is 15.0. The molecule has 0 spiro atoms. The summed E-state index contributed by atoms with van der Waals surface area (Å²) in [5.41, 5.74) is 2.54. The van der Waals surface area contributed by atoms with E-state index in [2.05, 4.69) is 48.2 Å². The Balaban J connectivity index is 2.09. The molecular formula is C16H24N2O2. The van der Waals surface area contributed by atoms with Crippen molar-refractivity contribution in [2.75, 3.05) is 27.2 Å². The second-order valence-electron chi connectivity index (χ2n) is 5.86. The van der Waals surface area contributed by atoms with Crippen molar-refractivity contribution in [2.45, 2.75) is 31.8 Å². The Labute approximate surface area is 121 Å². The molecule has 0 amide bonds. The number of nitrogens with zero attached hydrogens (tertiary/aromatic N) is 2. The molecule has 20 heavy (non-hydrogen) atoms. The van der Waals surface area contributed by atoms with Gasteiger partial charge in [0.2, 0.25) is 0 Å². The van der Waals surface area contributed by atoms with E-state index in [0.29, 0.717) is 0 Å². The molecule has 1 atom stereocenters. The van der Waals surface area contributed by atoms with Crippen LogP contribution in [0.25, 0.3) is 0 Å². The summed E-state index contributed by atoms with van der Waals surface area (Å²) in [4.78, 5) is 15.2. The molecule has 110 valence electrons. The lowest BCUT2D eigenvalue weighted by Gasteiger charge is -2.35. The van der Waals surface area contributed by atoms with Gasteiger partial charge >= 0.3 is 5.97 Å². The van der Waals surface area contributed by atoms with Crippen molar-refractivity contribution in [3.05, 3.63) is 35.4 Å². The van der Waals surface area contributed by atoms with E-state index in [1.807, 2.05) is 0 Å². The van der Waals surface area contributed by atoms with Gasteiger partial charge in [-0.05, 0) is 44.6 Å². The molecule has 4 nitrogen and oxygen atoms in total. The summed E-state index contributed by atoms with van der Waals surface area (Å²) in [5.74, 6) is -0.735. The number of carboxylic acid groups (broad SMARTS) is 1. The number of hydrogen-bond donors (Lipinski definition) is 1. The van der Waals surface area contributed by atoms with Crippen LogP contribution in [0.4, 0.5) is 0 Å². The monoisotopic (exact) mass is 276 g/mol. The molecule has 1 aliphatic rings. The Bertz CT molecular complexity index is 442. The first-order valence-electron chi connectivity index (χ1n) is 7.25. The van der Waals surface area contributed by atoms with Gasteiger partial charge in [0.15, 0.2) is 0 Å². The first-order chi connectivity index (χ1) is 9.56. The van der Waals surface area contributed by atoms with E-state index in [1.54, 1.807) is 0 Å². The van der Waals surface area contributed by atoms with Crippen molar-refractivity contribution >= 4 is 5.97 Å². The van der Waals surface area contributed by atoms with Crippen LogP contribution in [0.3, 0.4) is 0 Å². The van der Waals surface area contributed by atoms with E-state index in [-0.39, 0.29) is 12.6 Å². The zero-order valence-corrected chi connectivity index (χ0v) is 12.4. The Morgan fingerprint density at radius 1 is 1.30 bits per heavy atom. The van der Waals surface area contributed by atoms with Crippen LogP contribution in [0.1, 0.15) is 36.4 Å². The number of piperidine rings is 1. The van der Waals surface area contributed by atoms with E-state index in [1.165, 1.54) is 17.5 Å². The average Bonchev–Trinajstić information content (AvgIpc) is 2.39. The number of hydrogen-bond acceptors (Lipinski definition) is 3. The van der Waals surface area contributed by atoms with E-state index in [4.69, 9.17) is 5.11 Å². The second kappa shape index (κ2) is 6.86. The fraction of sp³-hybridized carbons (Fsp3) is 0.562. The minimum Gasteiger partial charge on any atom is -0.480 e. The molecule has 1 heterocycles. The number of carboxylic acids is 1. The fourth-order valence-corrected chi connectivity index (χ4v) is 2.94. The Hall–Kier alpha value is -1.39. The number of rotatable bonds is 5. The lowest BCUT2D eigenvalue weighted by atomic mass is 9.94. The van der Waals surface area contributed by atoms with Crippen molar-refractivity contribution < 1.29 is 9.90 Å². The number of likely N-dealkylation sites (tertiary alicyclic amines) is 1. The largest absolute Gasteiger partial charge is 0.480 e. The highest BCUT2D eigenvalue weighted by molar-refractivity contribution is 5.69. The molecule has 1 unspecified atom stereocenters. The molecule has 1 N–H and O–H groups in total. The summed E-state index contributed by atoms with van der Waals surface area (Å²) < 4.78 is 0. The summed E-state index contributed by atoms with van der Waals surface area (Å²) >= 11 is 0. The molecular weight excluding hydrogens is 252 g/mol. The van der Waals surface area contributed by atoms with Gasteiger partial charge in [-0.1, -0.05) is 30.7 Å². The maximum atomic E-state index is 11.0. The maximum Gasteiger partial charge on any atom is 0.317 e. The SMILES string of the molecule is CN(C)Cc1ccc(C2CCCCN2CC(=O)O)cc1. The molecule has 0 radical (unpaired) electrons. The van der Waals surface area contributed by atoms with E-state index in [9.17, 15) is 4.79 Å². The molecule has 1 fully saturated rings. The van der Waals surface area contributed by atoms with Crippen LogP contribution in [0.2, 0.25) is 0 Å². The van der Waals surface area contributed by atoms with Crippen LogP contribution < -0.4 is 0 Å². The molecule has 1 aromatic rings. The van der Waals surface area contributed by atoms with Gasteiger partial charge in [0.1, 0.15) is 0 Å². The van der Waals surface area contributed by atoms with Gasteiger partial charge in [-0.3, -0.25) is 9.69 Å². The third-order valence-corrected chi connectivity index (χ3v) is 3.82. The van der Waals surface area contributed by atoms with Crippen LogP contribution in [0, 0.1) is 0 Å². The quantitative estimate of drug-likeness (QED) is 0.896. The van der Waals surface area contributed by atoms with Crippen molar-refractivity contribution in [1.29, 1.82) is 0 Å². The predicted molar refractivity (Wildman–Crippen MR) is 79.6 cm³/mol. The van der Waals surface area contributed by atoms with Gasteiger partial charge in [-0.25, -0.2) is 0 Å². The number of benzene rings is 1. The minimum absolute atomic E-state index is 0.143. The molecule has 1 saturated heterocycles. The van der Waals surface area contributed by atoms with Gasteiger partial charge < -0.3 is 10.0 Å². The van der Waals surface area contributed by atoms with Crippen LogP contribution in [0.5, 0.6) is 0 Å². The fourth-order valence-electron chi connectivity index (χ4n) is 2.94. The predicted octanol–water partition coefficient (Wildman–Crippen LogP) is 2.36. The molecule has 0 bridgehead atoms. The van der Waals surface area contributed by atoms with Crippen LogP contribution in [-0.4, -0.2) is 48.1 Å². The van der Waals surface area contributed by atoms with Crippen LogP contribution in [-0.2, 0) is 11.3 Å². The molecule has 0 saturated carbocycles. The van der Waals surface area contributed by atoms with Gasteiger partial charge in [0.05, 0.1) is 6.54 Å². The van der Waals surface area contributed by atoms with E-state index in [0.717, 1.165) is 25.9 Å². The van der Waals surface area contributed by atoms with Crippen LogP contribution >= 0.6 is 0 Å². The second-order valence-corrected chi connectivity index (χ2v) is 5.86. The summed E-state index contributed by atoms with van der Waals surface area (Å²) in [6, 6.07) is 8.88. The number of carbonyl (C=O) groups is 1. The van der Waals surface area contributed by atoms with Crippen molar-refractivity contribution in [2.24, 2.45) is 0 Å². The zero-order valence-electron chi connectivity index (χ0n) is 12.4. The third-order valence-electron chi connectivity index (χ3n) is 3.82. The van der Waals surface area contributed by atoms with Crippen molar-refractivity contribution in [3.63, 3.8) is 0 Å². The standard InChI is InChI=1S/C16H24N2O2/c1-17(2)11-13-6-8-14(9-7-13)15-5-3-4-10-18(15)12-16(19)20/h6-9,15H,3-5,10-12H2,1-2H3,(H,19,20). The van der Waals surface area contributed by atoms with Gasteiger partial charge in [0.25, 0.3) is 0 Å². The van der Waals surface area contributed by atoms with E-state index < -0.39 is 5.97 Å². The topological polar surface area (TPSA) is 43.8 Å². The Morgan fingerprint density at radius 3 is 2.60 bits per heavy atom. The third kappa shape index (κ3) is 4.05. The molecule has 1 aromatic carbocycles. The van der Waals surface area contributed by atoms with Crippen molar-refractivity contribution in [3.8, 4) is 0 Å². The van der Waals surface area contributed by atoms with Gasteiger partial charge in [-0.15, -0.1) is 0 Å². The Morgan fingerprint density at radius 2 is 2.00 bits per heavy atom. The zero-order chi connectivity index (χ0) is 14.5. The summed E-state index contributed by atoms with van der Waals surface area (Å²) in [5, 5.41) is 9.03. The molecule has 4 heteroatoms. The first-order valence-corrected chi connectivity index (χ1v) is 7.25. The summed E-state index contributed by atoms with van der Waals surface area (Å²) in [7, 11) is 4.12. The van der Waals surface area contributed by atoms with Gasteiger partial charge in [0, 0.05) is 12.6 Å². The highest BCUT2D eigenvalue weighted by atomic mass is 16.4. The Kier molecular flexibility index (Phi) is 5.15. The average molecular weight is 276 g/mol. The minimum atomic E-state index is -0.735. The highest BCUT2D eigenvalue weighted by Crippen LogP contribution is 2.30. The molecule has 0 aromatic heterocycles. The molecule has 2 rings (SSSR count). The van der Waals surface area contributed by atoms with E-state index >= 15 is 0 Å².